The molecule has 2 aliphatic heterocycles. The average Bonchev–Trinajstić information content (AvgIpc) is 3.56. The van der Waals surface area contributed by atoms with Crippen LogP contribution in [0.4, 0.5) is 0 Å². The van der Waals surface area contributed by atoms with Gasteiger partial charge in [0.05, 0.1) is 17.9 Å². The van der Waals surface area contributed by atoms with Gasteiger partial charge in [0.15, 0.2) is 11.6 Å². The second-order valence-electron chi connectivity index (χ2n) is 8.27. The summed E-state index contributed by atoms with van der Waals surface area (Å²) in [6.45, 7) is 6.14. The van der Waals surface area contributed by atoms with Crippen molar-refractivity contribution in [2.75, 3.05) is 13.2 Å². The lowest BCUT2D eigenvalue weighted by atomic mass is 10.1. The number of hydrogen-bond acceptors (Lipinski definition) is 6. The maximum absolute atomic E-state index is 6.05. The van der Waals surface area contributed by atoms with Gasteiger partial charge in [-0.25, -0.2) is 9.98 Å². The fraction of sp³-hybridized carbons (Fsp3) is 0.280. The Labute approximate surface area is 191 Å². The van der Waals surface area contributed by atoms with Crippen molar-refractivity contribution < 1.29 is 9.47 Å². The van der Waals surface area contributed by atoms with E-state index in [0.29, 0.717) is 32.3 Å². The summed E-state index contributed by atoms with van der Waals surface area (Å²) in [5.41, 5.74) is 6.07. The molecule has 2 aliphatic rings. The summed E-state index contributed by atoms with van der Waals surface area (Å²) in [5.74, 6) is 2.19. The van der Waals surface area contributed by atoms with Crippen molar-refractivity contribution in [3.63, 3.8) is 0 Å². The van der Waals surface area contributed by atoms with E-state index in [1.807, 2.05) is 31.5 Å². The smallest absolute Gasteiger partial charge is 0.238 e. The molecule has 0 saturated carbocycles. The van der Waals surface area contributed by atoms with Gasteiger partial charge in [-0.05, 0) is 31.5 Å². The van der Waals surface area contributed by atoms with Gasteiger partial charge in [-0.3, -0.25) is 4.57 Å². The summed E-state index contributed by atoms with van der Waals surface area (Å²) in [6, 6.07) is 16.5. The Morgan fingerprint density at radius 2 is 2.00 bits per heavy atom. The van der Waals surface area contributed by atoms with Crippen LogP contribution in [0.25, 0.3) is 17.1 Å². The van der Waals surface area contributed by atoms with Crippen molar-refractivity contribution in [3.05, 3.63) is 83.2 Å². The highest BCUT2D eigenvalue weighted by Gasteiger charge is 2.30. The number of fused-ring (bicyclic) bond motifs is 5. The highest BCUT2D eigenvalue weighted by atomic mass is 16.5. The first-order valence-electron chi connectivity index (χ1n) is 11.2. The Kier molecular flexibility index (Phi) is 4.80. The molecule has 166 valence electrons. The monoisotopic (exact) mass is 440 g/mol. The zero-order chi connectivity index (χ0) is 22.4. The number of nitrogens with zero attached hydrogens (tertiary/aromatic N) is 6. The Morgan fingerprint density at radius 3 is 2.85 bits per heavy atom. The summed E-state index contributed by atoms with van der Waals surface area (Å²) in [5, 5.41) is 8.97. The first-order chi connectivity index (χ1) is 16.2. The molecule has 0 saturated heterocycles. The van der Waals surface area contributed by atoms with Gasteiger partial charge in [-0.1, -0.05) is 42.0 Å². The molecule has 0 N–H and O–H groups in total. The number of aliphatic imine (C=N–C) groups is 1. The van der Waals surface area contributed by atoms with Crippen molar-refractivity contribution in [2.24, 2.45) is 4.99 Å². The Hall–Kier alpha value is -3.78. The second kappa shape index (κ2) is 7.97. The fourth-order valence-electron chi connectivity index (χ4n) is 4.45. The van der Waals surface area contributed by atoms with Gasteiger partial charge in [-0.2, -0.15) is 0 Å². The molecule has 0 spiro atoms. The predicted molar refractivity (Wildman–Crippen MR) is 123 cm³/mol. The van der Waals surface area contributed by atoms with Crippen molar-refractivity contribution in [2.45, 2.75) is 33.0 Å². The van der Waals surface area contributed by atoms with Crippen molar-refractivity contribution >= 4 is 5.90 Å². The van der Waals surface area contributed by atoms with Gasteiger partial charge in [0.2, 0.25) is 5.90 Å². The van der Waals surface area contributed by atoms with Gasteiger partial charge in [0, 0.05) is 12.2 Å². The predicted octanol–water partition coefficient (Wildman–Crippen LogP) is 3.86. The lowest BCUT2D eigenvalue weighted by molar-refractivity contribution is 0.125. The number of hydrogen-bond donors (Lipinski definition) is 0. The standard InChI is InChI=1S/C25H24N6O2/c1-3-32-14-22-28-29-24-18-11-16(2)9-10-20(18)31-15-26-23(21(31)12-30(22)24)25-27-19(13-33-25)17-7-5-4-6-8-17/h4-11,15,19H,3,12-14H2,1-2H3/t19-/m1/s1. The molecular weight excluding hydrogens is 416 g/mol. The van der Waals surface area contributed by atoms with E-state index in [1.165, 1.54) is 0 Å². The minimum Gasteiger partial charge on any atom is -0.474 e. The van der Waals surface area contributed by atoms with E-state index in [1.54, 1.807) is 0 Å². The first kappa shape index (κ1) is 19.9. The van der Waals surface area contributed by atoms with Gasteiger partial charge >= 0.3 is 0 Å². The van der Waals surface area contributed by atoms with E-state index >= 15 is 0 Å². The molecule has 4 heterocycles. The van der Waals surface area contributed by atoms with Gasteiger partial charge in [-0.15, -0.1) is 10.2 Å². The summed E-state index contributed by atoms with van der Waals surface area (Å²) in [6.07, 6.45) is 1.85. The summed E-state index contributed by atoms with van der Waals surface area (Å²) in [4.78, 5) is 9.62. The van der Waals surface area contributed by atoms with E-state index in [-0.39, 0.29) is 6.04 Å². The largest absolute Gasteiger partial charge is 0.474 e. The zero-order valence-corrected chi connectivity index (χ0v) is 18.6. The lowest BCUT2D eigenvalue weighted by Crippen LogP contribution is -2.13. The molecule has 33 heavy (non-hydrogen) atoms. The Bertz CT molecular complexity index is 1350. The zero-order valence-electron chi connectivity index (χ0n) is 18.6. The molecule has 1 atom stereocenters. The number of aromatic nitrogens is 5. The quantitative estimate of drug-likeness (QED) is 0.415. The van der Waals surface area contributed by atoms with Crippen LogP contribution >= 0.6 is 0 Å². The van der Waals surface area contributed by atoms with Crippen LogP contribution in [-0.4, -0.2) is 43.4 Å². The van der Waals surface area contributed by atoms with Gasteiger partial charge < -0.3 is 14.0 Å². The number of rotatable bonds is 5. The van der Waals surface area contributed by atoms with Gasteiger partial charge in [0.1, 0.15) is 31.3 Å². The maximum Gasteiger partial charge on any atom is 0.238 e. The molecule has 8 heteroatoms. The van der Waals surface area contributed by atoms with Gasteiger partial charge in [0.25, 0.3) is 0 Å². The molecule has 0 aliphatic carbocycles. The summed E-state index contributed by atoms with van der Waals surface area (Å²) in [7, 11) is 0. The van der Waals surface area contributed by atoms with Crippen molar-refractivity contribution in [1.29, 1.82) is 0 Å². The molecule has 8 nitrogen and oxygen atoms in total. The first-order valence-corrected chi connectivity index (χ1v) is 11.2. The molecule has 0 unspecified atom stereocenters. The second-order valence-corrected chi connectivity index (χ2v) is 8.27. The van der Waals surface area contributed by atoms with Crippen molar-refractivity contribution in [3.8, 4) is 17.1 Å². The third-order valence-corrected chi connectivity index (χ3v) is 6.13. The lowest BCUT2D eigenvalue weighted by Gasteiger charge is -2.10. The Morgan fingerprint density at radius 1 is 1.12 bits per heavy atom. The molecule has 0 fully saturated rings. The van der Waals surface area contributed by atoms with E-state index < -0.39 is 0 Å². The number of ether oxygens (including phenoxy) is 2. The van der Waals surface area contributed by atoms with Crippen LogP contribution < -0.4 is 0 Å². The van der Waals surface area contributed by atoms with E-state index in [0.717, 1.165) is 45.4 Å². The maximum atomic E-state index is 6.05. The molecule has 6 rings (SSSR count). The van der Waals surface area contributed by atoms with Crippen LogP contribution in [0.3, 0.4) is 0 Å². The molecule has 2 aromatic carbocycles. The molecular formula is C25H24N6O2. The average molecular weight is 441 g/mol. The molecule has 0 amide bonds. The third kappa shape index (κ3) is 3.34. The SMILES string of the molecule is CCOCc1nnc2n1Cc1c(C3=N[C@@H](c4ccccc4)CO3)ncn1-c1ccc(C)cc1-2. The number of aryl methyl sites for hydroxylation is 1. The molecule has 2 aromatic heterocycles. The van der Waals surface area contributed by atoms with Crippen LogP contribution in [0, 0.1) is 6.92 Å². The van der Waals surface area contributed by atoms with Crippen LogP contribution in [0.2, 0.25) is 0 Å². The number of benzene rings is 2. The highest BCUT2D eigenvalue weighted by Crippen LogP contribution is 2.34. The topological polar surface area (TPSA) is 79.3 Å². The normalized spacial score (nSPS) is 16.4. The van der Waals surface area contributed by atoms with E-state index in [9.17, 15) is 0 Å². The van der Waals surface area contributed by atoms with Crippen LogP contribution in [0.15, 0.2) is 59.9 Å². The minimum absolute atomic E-state index is 0.0294. The molecule has 0 radical (unpaired) electrons. The van der Waals surface area contributed by atoms with Crippen LogP contribution in [0.5, 0.6) is 0 Å². The molecule has 0 bridgehead atoms. The van der Waals surface area contributed by atoms with E-state index in [2.05, 4.69) is 56.6 Å². The fourth-order valence-corrected chi connectivity index (χ4v) is 4.45. The van der Waals surface area contributed by atoms with E-state index in [4.69, 9.17) is 19.5 Å². The number of imidazole rings is 1. The van der Waals surface area contributed by atoms with Crippen molar-refractivity contribution in [1.82, 2.24) is 24.3 Å². The minimum atomic E-state index is -0.0294. The molecule has 4 aromatic rings. The summed E-state index contributed by atoms with van der Waals surface area (Å²) < 4.78 is 15.9. The Balaban J connectivity index is 1.47. The third-order valence-electron chi connectivity index (χ3n) is 6.13. The summed E-state index contributed by atoms with van der Waals surface area (Å²) >= 11 is 0. The highest BCUT2D eigenvalue weighted by molar-refractivity contribution is 5.95. The van der Waals surface area contributed by atoms with Crippen LogP contribution in [-0.2, 0) is 22.6 Å². The van der Waals surface area contributed by atoms with Crippen LogP contribution in [0.1, 0.15) is 41.3 Å².